The van der Waals surface area contributed by atoms with Gasteiger partial charge < -0.3 is 50.5 Å². The maximum absolute atomic E-state index is 13.3. The summed E-state index contributed by atoms with van der Waals surface area (Å²) in [4.78, 5) is 13.3. The molecule has 0 aliphatic carbocycles. The monoisotopic (exact) mass is 1220 g/mol. The summed E-state index contributed by atoms with van der Waals surface area (Å²) in [5.41, 5.74) is 0. The lowest BCUT2D eigenvalue weighted by molar-refractivity contribution is -0.303. The zero-order valence-corrected chi connectivity index (χ0v) is 56.6. The van der Waals surface area contributed by atoms with Crippen LogP contribution in [0.4, 0.5) is 0 Å². The Labute approximate surface area is 531 Å². The van der Waals surface area contributed by atoms with Crippen molar-refractivity contribution in [1.82, 2.24) is 5.32 Å². The molecule has 8 N–H and O–H groups in total. The molecule has 0 aromatic rings. The van der Waals surface area contributed by atoms with Gasteiger partial charge in [-0.25, -0.2) is 0 Å². The summed E-state index contributed by atoms with van der Waals surface area (Å²) in [5.74, 6) is -0.690. The van der Waals surface area contributed by atoms with E-state index in [0.717, 1.165) is 44.9 Å². The van der Waals surface area contributed by atoms with Crippen LogP contribution in [0.25, 0.3) is 0 Å². The van der Waals surface area contributed by atoms with Gasteiger partial charge in [0.1, 0.15) is 36.6 Å². The molecule has 1 aliphatic heterocycles. The quantitative estimate of drug-likeness (QED) is 0.0215. The third kappa shape index (κ3) is 50.3. The smallest absolute Gasteiger partial charge is 0.249 e. The largest absolute Gasteiger partial charge is 0.394 e. The summed E-state index contributed by atoms with van der Waals surface area (Å²) in [6.45, 7) is 3.52. The first kappa shape index (κ1) is 82.6. The Bertz CT molecular complexity index is 1450. The highest BCUT2D eigenvalue weighted by Gasteiger charge is 2.44. The molecule has 11 heteroatoms. The number of hydrogen-bond donors (Lipinski definition) is 8. The molecule has 1 heterocycles. The molecule has 1 amide bonds. The van der Waals surface area contributed by atoms with Crippen molar-refractivity contribution in [1.29, 1.82) is 0 Å². The van der Waals surface area contributed by atoms with Crippen LogP contribution in [-0.4, -0.2) is 110 Å². The van der Waals surface area contributed by atoms with Crippen molar-refractivity contribution in [2.45, 2.75) is 435 Å². The van der Waals surface area contributed by atoms with Crippen LogP contribution in [-0.2, 0) is 14.3 Å². The third-order valence-electron chi connectivity index (χ3n) is 18.5. The molecular formula is C75H145NO10. The lowest BCUT2D eigenvalue weighted by atomic mass is 9.98. The number of hydrogen-bond acceptors (Lipinski definition) is 10. The molecule has 0 radical (unpaired) electrons. The minimum Gasteiger partial charge on any atom is -0.394 e. The molecule has 1 fully saturated rings. The van der Waals surface area contributed by atoms with E-state index in [1.807, 2.05) is 0 Å². The molecule has 9 atom stereocenters. The number of carbonyl (C=O) groups is 1. The molecule has 1 aliphatic rings. The first-order chi connectivity index (χ1) is 42.2. The summed E-state index contributed by atoms with van der Waals surface area (Å²) in [6, 6.07) is -1.17. The van der Waals surface area contributed by atoms with E-state index in [2.05, 4.69) is 43.5 Å². The van der Waals surface area contributed by atoms with E-state index in [9.17, 15) is 40.5 Å². The minimum atomic E-state index is -1.66. The number of allylic oxidation sites excluding steroid dienone is 4. The zero-order valence-electron chi connectivity index (χ0n) is 56.6. The number of unbranched alkanes of at least 4 members (excludes halogenated alkanes) is 51. The lowest BCUT2D eigenvalue weighted by Crippen LogP contribution is -2.60. The molecule has 86 heavy (non-hydrogen) atoms. The van der Waals surface area contributed by atoms with Gasteiger partial charge in [-0.3, -0.25) is 4.79 Å². The Morgan fingerprint density at radius 3 is 1.03 bits per heavy atom. The first-order valence-corrected chi connectivity index (χ1v) is 37.7. The highest BCUT2D eigenvalue weighted by atomic mass is 16.7. The maximum Gasteiger partial charge on any atom is 0.249 e. The molecule has 11 nitrogen and oxygen atoms in total. The standard InChI is InChI=1S/C75H145NO10/c1-3-5-7-9-11-13-15-17-19-21-23-25-26-27-28-29-30-31-32-33-34-35-36-37-38-39-40-41-43-45-47-49-51-53-55-57-59-61-63-68(79)74(84)76-66(65-85-75-73(83)72(82)71(81)69(64-77)86-75)70(80)67(78)62-60-58-56-54-52-50-48-46-44-42-24-22-20-18-16-14-12-10-8-6-4-2/h30-31,33-34,66-73,75,77-83H,3-29,32,35-65H2,1-2H3,(H,76,84)/b31-30-,34-33-. The summed E-state index contributed by atoms with van der Waals surface area (Å²) < 4.78 is 11.2. The van der Waals surface area contributed by atoms with Gasteiger partial charge in [-0.1, -0.05) is 359 Å². The molecular weight excluding hydrogens is 1070 g/mol. The Morgan fingerprint density at radius 2 is 0.709 bits per heavy atom. The Kier molecular flexibility index (Phi) is 61.2. The number of amides is 1. The number of aliphatic hydroxyl groups excluding tert-OH is 7. The summed E-state index contributed by atoms with van der Waals surface area (Å²) in [5, 5.41) is 76.6. The second kappa shape index (κ2) is 63.7. The highest BCUT2D eigenvalue weighted by Crippen LogP contribution is 2.24. The van der Waals surface area contributed by atoms with Crippen LogP contribution in [0, 0.1) is 0 Å². The number of carbonyl (C=O) groups excluding carboxylic acids is 1. The van der Waals surface area contributed by atoms with Gasteiger partial charge in [-0.05, 0) is 44.9 Å². The average molecular weight is 1220 g/mol. The second-order valence-electron chi connectivity index (χ2n) is 26.7. The minimum absolute atomic E-state index is 0.263. The van der Waals surface area contributed by atoms with Crippen molar-refractivity contribution >= 4 is 5.91 Å². The van der Waals surface area contributed by atoms with Crippen LogP contribution in [0.15, 0.2) is 24.3 Å². The Balaban J connectivity index is 2.12. The molecule has 0 bridgehead atoms. The van der Waals surface area contributed by atoms with Crippen LogP contribution >= 0.6 is 0 Å². The van der Waals surface area contributed by atoms with E-state index < -0.39 is 74.2 Å². The van der Waals surface area contributed by atoms with E-state index in [1.54, 1.807) is 0 Å². The van der Waals surface area contributed by atoms with Crippen LogP contribution in [0.2, 0.25) is 0 Å². The lowest BCUT2D eigenvalue weighted by Gasteiger charge is -2.40. The maximum atomic E-state index is 13.3. The van der Waals surface area contributed by atoms with Crippen molar-refractivity contribution in [3.63, 3.8) is 0 Å². The number of rotatable bonds is 67. The average Bonchev–Trinajstić information content (AvgIpc) is 2.54. The summed E-state index contributed by atoms with van der Waals surface area (Å²) in [7, 11) is 0. The SMILES string of the molecule is CCCCCCCCCCCCCCCCC/C=C\C/C=C\CCCCCCCCCCCCCCCCCCC(O)C(=O)NC(COC1OC(CO)C(O)C(O)C1O)C(O)C(O)CCCCCCCCCCCCCCCCCCCCCCC. The number of nitrogens with one attached hydrogen (secondary N) is 1. The van der Waals surface area contributed by atoms with Gasteiger partial charge in [0, 0.05) is 0 Å². The van der Waals surface area contributed by atoms with E-state index in [0.29, 0.717) is 19.3 Å². The third-order valence-corrected chi connectivity index (χ3v) is 18.5. The predicted molar refractivity (Wildman–Crippen MR) is 362 cm³/mol. The van der Waals surface area contributed by atoms with E-state index in [1.165, 1.54) is 295 Å². The number of aliphatic hydroxyl groups is 7. The first-order valence-electron chi connectivity index (χ1n) is 37.7. The fraction of sp³-hybridized carbons (Fsp3) is 0.933. The van der Waals surface area contributed by atoms with Crippen molar-refractivity contribution in [2.24, 2.45) is 0 Å². The van der Waals surface area contributed by atoms with Gasteiger partial charge in [-0.15, -0.1) is 0 Å². The van der Waals surface area contributed by atoms with Crippen molar-refractivity contribution < 1.29 is 50.0 Å². The van der Waals surface area contributed by atoms with E-state index >= 15 is 0 Å². The summed E-state index contributed by atoms with van der Waals surface area (Å²) in [6.07, 6.45) is 69.9. The fourth-order valence-corrected chi connectivity index (χ4v) is 12.5. The van der Waals surface area contributed by atoms with Crippen molar-refractivity contribution in [3.05, 3.63) is 24.3 Å². The van der Waals surface area contributed by atoms with Gasteiger partial charge in [0.25, 0.3) is 0 Å². The van der Waals surface area contributed by atoms with Gasteiger partial charge in [0.05, 0.1) is 25.4 Å². The predicted octanol–water partition coefficient (Wildman–Crippen LogP) is 18.8. The van der Waals surface area contributed by atoms with Crippen molar-refractivity contribution in [2.75, 3.05) is 13.2 Å². The van der Waals surface area contributed by atoms with Crippen LogP contribution in [0.3, 0.4) is 0 Å². The van der Waals surface area contributed by atoms with E-state index in [-0.39, 0.29) is 6.42 Å². The normalized spacial score (nSPS) is 18.8. The van der Waals surface area contributed by atoms with Gasteiger partial charge in [0.2, 0.25) is 5.91 Å². The summed E-state index contributed by atoms with van der Waals surface area (Å²) >= 11 is 0. The molecule has 0 aromatic carbocycles. The fourth-order valence-electron chi connectivity index (χ4n) is 12.5. The number of ether oxygens (including phenoxy) is 2. The molecule has 0 aromatic heterocycles. The Hall–Kier alpha value is -1.41. The van der Waals surface area contributed by atoms with Gasteiger partial charge in [0.15, 0.2) is 6.29 Å². The highest BCUT2D eigenvalue weighted by molar-refractivity contribution is 5.80. The van der Waals surface area contributed by atoms with Crippen LogP contribution < -0.4 is 5.32 Å². The molecule has 0 spiro atoms. The Morgan fingerprint density at radius 1 is 0.407 bits per heavy atom. The van der Waals surface area contributed by atoms with Gasteiger partial charge in [-0.2, -0.15) is 0 Å². The molecule has 1 saturated heterocycles. The van der Waals surface area contributed by atoms with Crippen LogP contribution in [0.5, 0.6) is 0 Å². The van der Waals surface area contributed by atoms with Crippen LogP contribution in [0.1, 0.15) is 380 Å². The van der Waals surface area contributed by atoms with Crippen molar-refractivity contribution in [3.8, 4) is 0 Å². The van der Waals surface area contributed by atoms with E-state index in [4.69, 9.17) is 9.47 Å². The second-order valence-corrected chi connectivity index (χ2v) is 26.7. The van der Waals surface area contributed by atoms with Gasteiger partial charge >= 0.3 is 0 Å². The molecule has 9 unspecified atom stereocenters. The molecule has 0 saturated carbocycles. The topological polar surface area (TPSA) is 189 Å². The molecule has 1 rings (SSSR count). The molecule has 510 valence electrons. The zero-order chi connectivity index (χ0) is 62.4.